The summed E-state index contributed by atoms with van der Waals surface area (Å²) in [7, 11) is 0. The van der Waals surface area contributed by atoms with Crippen LogP contribution < -0.4 is 0 Å². The topological polar surface area (TPSA) is 70.8 Å². The second-order valence-electron chi connectivity index (χ2n) is 6.92. The van der Waals surface area contributed by atoms with E-state index in [4.69, 9.17) is 4.42 Å². The lowest BCUT2D eigenvalue weighted by molar-refractivity contribution is -0.140. The van der Waals surface area contributed by atoms with Gasteiger partial charge in [-0.3, -0.25) is 9.59 Å². The molecule has 1 atom stereocenters. The average molecular weight is 411 g/mol. The lowest BCUT2D eigenvalue weighted by Gasteiger charge is -2.22. The highest BCUT2D eigenvalue weighted by Crippen LogP contribution is 2.41. The number of benzene rings is 1. The van der Waals surface area contributed by atoms with Gasteiger partial charge in [0.15, 0.2) is 0 Å². The summed E-state index contributed by atoms with van der Waals surface area (Å²) in [6, 6.07) is 10.4. The van der Waals surface area contributed by atoms with Crippen molar-refractivity contribution in [3.8, 4) is 0 Å². The number of hydrogen-bond donors (Lipinski definition) is 1. The molecule has 7 heteroatoms. The first kappa shape index (κ1) is 19.1. The van der Waals surface area contributed by atoms with Crippen LogP contribution in [0.3, 0.4) is 0 Å². The molecule has 5 nitrogen and oxygen atoms in total. The third-order valence-corrected chi connectivity index (χ3v) is 5.77. The van der Waals surface area contributed by atoms with Gasteiger partial charge in [-0.05, 0) is 61.2 Å². The number of carbonyl (C=O) groups excluding carboxylic acids is 2. The second kappa shape index (κ2) is 7.33. The van der Waals surface area contributed by atoms with Crippen molar-refractivity contribution < 1.29 is 23.5 Å². The van der Waals surface area contributed by atoms with E-state index in [0.29, 0.717) is 17.1 Å². The quantitative estimate of drug-likeness (QED) is 0.383. The zero-order chi connectivity index (χ0) is 20.7. The van der Waals surface area contributed by atoms with E-state index >= 15 is 0 Å². The molecule has 148 valence electrons. The largest absolute Gasteiger partial charge is 0.507 e. The molecule has 1 N–H and O–H groups in total. The van der Waals surface area contributed by atoms with Crippen molar-refractivity contribution in [1.82, 2.24) is 4.90 Å². The molecule has 2 aromatic heterocycles. The van der Waals surface area contributed by atoms with Crippen LogP contribution in [0.1, 0.15) is 33.6 Å². The van der Waals surface area contributed by atoms with Gasteiger partial charge in [0.05, 0.1) is 12.1 Å². The number of nitrogens with zero attached hydrogens (tertiary/aromatic N) is 1. The molecule has 1 unspecified atom stereocenters. The van der Waals surface area contributed by atoms with E-state index in [2.05, 4.69) is 0 Å². The fraction of sp³-hybridized carbons (Fsp3) is 0.182. The first-order chi connectivity index (χ1) is 13.9. The van der Waals surface area contributed by atoms with Gasteiger partial charge in [-0.15, -0.1) is 11.3 Å². The first-order valence-electron chi connectivity index (χ1n) is 9.00. The Morgan fingerprint density at radius 3 is 2.62 bits per heavy atom. The van der Waals surface area contributed by atoms with Crippen LogP contribution in [0.15, 0.2) is 57.8 Å². The zero-order valence-electron chi connectivity index (χ0n) is 15.8. The minimum Gasteiger partial charge on any atom is -0.507 e. The van der Waals surface area contributed by atoms with E-state index in [0.717, 1.165) is 4.88 Å². The number of aliphatic hydroxyl groups is 1. The van der Waals surface area contributed by atoms with Gasteiger partial charge in [-0.1, -0.05) is 6.07 Å². The van der Waals surface area contributed by atoms with Crippen molar-refractivity contribution in [2.75, 3.05) is 0 Å². The number of carbonyl (C=O) groups is 2. The predicted octanol–water partition coefficient (Wildman–Crippen LogP) is 4.72. The Hall–Kier alpha value is -3.19. The monoisotopic (exact) mass is 411 g/mol. The maximum atomic E-state index is 13.7. The summed E-state index contributed by atoms with van der Waals surface area (Å²) in [6.07, 6.45) is 0. The maximum Gasteiger partial charge on any atom is 0.296 e. The summed E-state index contributed by atoms with van der Waals surface area (Å²) >= 11 is 1.47. The third-order valence-electron chi connectivity index (χ3n) is 4.91. The Bertz CT molecular complexity index is 1130. The average Bonchev–Trinajstić information content (AvgIpc) is 3.41. The summed E-state index contributed by atoms with van der Waals surface area (Å²) < 4.78 is 19.4. The SMILES string of the molecule is Cc1ccc(C2/C(=C(/O)c3ccc(F)c(C)c3)C(=O)C(=O)N2Cc2cccs2)o1. The highest BCUT2D eigenvalue weighted by atomic mass is 32.1. The smallest absolute Gasteiger partial charge is 0.296 e. The summed E-state index contributed by atoms with van der Waals surface area (Å²) in [6.45, 7) is 3.54. The Morgan fingerprint density at radius 1 is 1.21 bits per heavy atom. The van der Waals surface area contributed by atoms with Gasteiger partial charge in [0, 0.05) is 10.4 Å². The van der Waals surface area contributed by atoms with E-state index in [1.54, 1.807) is 26.0 Å². The van der Waals surface area contributed by atoms with Gasteiger partial charge in [-0.2, -0.15) is 0 Å². The van der Waals surface area contributed by atoms with Gasteiger partial charge in [0.2, 0.25) is 0 Å². The number of halogens is 1. The molecule has 1 saturated heterocycles. The van der Waals surface area contributed by atoms with E-state index in [1.807, 2.05) is 17.5 Å². The number of furan rings is 1. The van der Waals surface area contributed by atoms with Crippen molar-refractivity contribution in [2.24, 2.45) is 0 Å². The molecule has 1 fully saturated rings. The standard InChI is InChI=1S/C22H18FNO4S/c1-12-10-14(6-7-16(12)23)20(25)18-19(17-8-5-13(2)28-17)24(22(27)21(18)26)11-15-4-3-9-29-15/h3-10,19,25H,11H2,1-2H3/b20-18-. The Morgan fingerprint density at radius 2 is 2.00 bits per heavy atom. The Labute approximate surface area is 170 Å². The minimum atomic E-state index is -0.865. The van der Waals surface area contributed by atoms with Crippen LogP contribution in [-0.2, 0) is 16.1 Å². The molecule has 1 amide bonds. The molecule has 1 aromatic carbocycles. The number of aliphatic hydroxyl groups excluding tert-OH is 1. The highest BCUT2D eigenvalue weighted by molar-refractivity contribution is 7.09. The van der Waals surface area contributed by atoms with Crippen molar-refractivity contribution in [3.05, 3.63) is 86.8 Å². The molecule has 0 spiro atoms. The molecular weight excluding hydrogens is 393 g/mol. The van der Waals surface area contributed by atoms with Gasteiger partial charge < -0.3 is 14.4 Å². The van der Waals surface area contributed by atoms with E-state index in [1.165, 1.54) is 34.4 Å². The number of rotatable bonds is 4. The van der Waals surface area contributed by atoms with Crippen molar-refractivity contribution in [2.45, 2.75) is 26.4 Å². The van der Waals surface area contributed by atoms with Crippen LogP contribution in [0.5, 0.6) is 0 Å². The number of ketones is 1. The highest BCUT2D eigenvalue weighted by Gasteiger charge is 2.47. The Balaban J connectivity index is 1.87. The Kier molecular flexibility index (Phi) is 4.84. The second-order valence-corrected chi connectivity index (χ2v) is 7.95. The lowest BCUT2D eigenvalue weighted by Crippen LogP contribution is -2.28. The minimum absolute atomic E-state index is 0.0630. The van der Waals surface area contributed by atoms with Gasteiger partial charge in [0.25, 0.3) is 11.7 Å². The molecule has 1 aliphatic rings. The molecule has 0 radical (unpaired) electrons. The van der Waals surface area contributed by atoms with Crippen LogP contribution in [-0.4, -0.2) is 21.7 Å². The van der Waals surface area contributed by atoms with Crippen LogP contribution in [0.2, 0.25) is 0 Å². The maximum absolute atomic E-state index is 13.7. The van der Waals surface area contributed by atoms with Crippen LogP contribution in [0.25, 0.3) is 5.76 Å². The summed E-state index contributed by atoms with van der Waals surface area (Å²) in [4.78, 5) is 28.0. The molecule has 3 aromatic rings. The van der Waals surface area contributed by atoms with Crippen LogP contribution in [0, 0.1) is 19.7 Å². The molecule has 0 aliphatic carbocycles. The zero-order valence-corrected chi connectivity index (χ0v) is 16.6. The van der Waals surface area contributed by atoms with Crippen molar-refractivity contribution >= 4 is 28.8 Å². The molecule has 29 heavy (non-hydrogen) atoms. The first-order valence-corrected chi connectivity index (χ1v) is 9.88. The van der Waals surface area contributed by atoms with Gasteiger partial charge in [-0.25, -0.2) is 4.39 Å². The number of hydrogen-bond acceptors (Lipinski definition) is 5. The number of likely N-dealkylation sites (tertiary alicyclic amines) is 1. The predicted molar refractivity (Wildman–Crippen MR) is 107 cm³/mol. The number of Topliss-reactive ketones (excluding diaryl/α,β-unsaturated/α-hetero) is 1. The fourth-order valence-electron chi connectivity index (χ4n) is 3.46. The summed E-state index contributed by atoms with van der Waals surface area (Å²) in [5.74, 6) is -1.26. The molecule has 3 heterocycles. The van der Waals surface area contributed by atoms with Crippen molar-refractivity contribution in [3.63, 3.8) is 0 Å². The number of thiophene rings is 1. The van der Waals surface area contributed by atoms with E-state index in [-0.39, 0.29) is 23.4 Å². The third kappa shape index (κ3) is 3.38. The van der Waals surface area contributed by atoms with Crippen molar-refractivity contribution in [1.29, 1.82) is 0 Å². The summed E-state index contributed by atoms with van der Waals surface area (Å²) in [5.41, 5.74) is 0.533. The molecule has 4 rings (SSSR count). The van der Waals surface area contributed by atoms with Crippen LogP contribution >= 0.6 is 11.3 Å². The van der Waals surface area contributed by atoms with E-state index in [9.17, 15) is 19.1 Å². The lowest BCUT2D eigenvalue weighted by atomic mass is 9.98. The summed E-state index contributed by atoms with van der Waals surface area (Å²) in [5, 5.41) is 12.8. The molecule has 1 aliphatic heterocycles. The van der Waals surface area contributed by atoms with Crippen LogP contribution in [0.4, 0.5) is 4.39 Å². The number of amides is 1. The fourth-order valence-corrected chi connectivity index (χ4v) is 4.16. The number of aryl methyl sites for hydroxylation is 2. The van der Waals surface area contributed by atoms with E-state index < -0.39 is 23.5 Å². The molecule has 0 saturated carbocycles. The van der Waals surface area contributed by atoms with Gasteiger partial charge >= 0.3 is 0 Å². The van der Waals surface area contributed by atoms with Gasteiger partial charge in [0.1, 0.15) is 29.1 Å². The molecule has 0 bridgehead atoms. The molecular formula is C22H18FNO4S. The normalized spacial score (nSPS) is 18.6.